The van der Waals surface area contributed by atoms with Crippen LogP contribution in [0, 0.1) is 11.3 Å². The molecule has 0 atom stereocenters. The van der Waals surface area contributed by atoms with E-state index in [0.717, 1.165) is 10.5 Å². The smallest absolute Gasteiger partial charge is 0.407 e. The highest BCUT2D eigenvalue weighted by Crippen LogP contribution is 2.17. The van der Waals surface area contributed by atoms with Crippen LogP contribution in [0.15, 0.2) is 24.3 Å². The Hall–Kier alpha value is -2.22. The zero-order valence-electron chi connectivity index (χ0n) is 9.59. The third-order valence-electron chi connectivity index (χ3n) is 2.25. The minimum Gasteiger partial charge on any atom is -0.491 e. The standard InChI is InChI=1S/C12H14N2O3/c1-14(12(15)16)8-9-17-11-5-3-2-4-10(11)6-7-13/h2-5H,6,8-9H2,1H3,(H,15,16). The van der Waals surface area contributed by atoms with Crippen LogP contribution in [-0.2, 0) is 6.42 Å². The molecule has 0 bridgehead atoms. The topological polar surface area (TPSA) is 73.6 Å². The minimum absolute atomic E-state index is 0.269. The Morgan fingerprint density at radius 1 is 1.53 bits per heavy atom. The summed E-state index contributed by atoms with van der Waals surface area (Å²) in [5.74, 6) is 0.632. The van der Waals surface area contributed by atoms with Crippen molar-refractivity contribution in [1.29, 1.82) is 5.26 Å². The van der Waals surface area contributed by atoms with Crippen molar-refractivity contribution in [3.63, 3.8) is 0 Å². The molecule has 90 valence electrons. The summed E-state index contributed by atoms with van der Waals surface area (Å²) in [4.78, 5) is 11.7. The molecule has 1 amide bonds. The van der Waals surface area contributed by atoms with E-state index in [4.69, 9.17) is 15.1 Å². The monoisotopic (exact) mass is 234 g/mol. The number of carboxylic acid groups (broad SMARTS) is 1. The number of nitriles is 1. The van der Waals surface area contributed by atoms with Crippen LogP contribution in [0.3, 0.4) is 0 Å². The molecule has 0 radical (unpaired) electrons. The van der Waals surface area contributed by atoms with Crippen molar-refractivity contribution in [3.05, 3.63) is 29.8 Å². The Morgan fingerprint density at radius 3 is 2.88 bits per heavy atom. The molecule has 0 aliphatic carbocycles. The van der Waals surface area contributed by atoms with Gasteiger partial charge in [-0.2, -0.15) is 5.26 Å². The van der Waals surface area contributed by atoms with Crippen LogP contribution in [0.4, 0.5) is 4.79 Å². The molecule has 0 heterocycles. The number of amides is 1. The molecule has 0 aliphatic rings. The maximum absolute atomic E-state index is 10.5. The van der Waals surface area contributed by atoms with Gasteiger partial charge in [-0.15, -0.1) is 0 Å². The molecule has 1 rings (SSSR count). The van der Waals surface area contributed by atoms with Crippen LogP contribution in [-0.4, -0.2) is 36.3 Å². The Labute approximate surface area is 99.8 Å². The van der Waals surface area contributed by atoms with E-state index in [1.165, 1.54) is 7.05 Å². The molecular weight excluding hydrogens is 220 g/mol. The van der Waals surface area contributed by atoms with E-state index in [0.29, 0.717) is 5.75 Å². The van der Waals surface area contributed by atoms with E-state index in [1.807, 2.05) is 18.2 Å². The maximum Gasteiger partial charge on any atom is 0.407 e. The fourth-order valence-electron chi connectivity index (χ4n) is 1.26. The molecule has 0 aliphatic heterocycles. The molecule has 0 aromatic heterocycles. The van der Waals surface area contributed by atoms with Gasteiger partial charge >= 0.3 is 6.09 Å². The first-order chi connectivity index (χ1) is 8.15. The van der Waals surface area contributed by atoms with Crippen LogP contribution in [0.2, 0.25) is 0 Å². The maximum atomic E-state index is 10.5. The van der Waals surface area contributed by atoms with Gasteiger partial charge < -0.3 is 14.7 Å². The van der Waals surface area contributed by atoms with Crippen LogP contribution >= 0.6 is 0 Å². The Kier molecular flexibility index (Phi) is 4.82. The first-order valence-corrected chi connectivity index (χ1v) is 5.17. The lowest BCUT2D eigenvalue weighted by Crippen LogP contribution is -2.29. The van der Waals surface area contributed by atoms with E-state index < -0.39 is 6.09 Å². The molecule has 0 saturated carbocycles. The van der Waals surface area contributed by atoms with Gasteiger partial charge in [0.15, 0.2) is 0 Å². The van der Waals surface area contributed by atoms with Crippen molar-refractivity contribution in [3.8, 4) is 11.8 Å². The number of rotatable bonds is 5. The predicted octanol–water partition coefficient (Wildman–Crippen LogP) is 1.74. The number of likely N-dealkylation sites (N-methyl/N-ethyl adjacent to an activating group) is 1. The lowest BCUT2D eigenvalue weighted by atomic mass is 10.1. The zero-order chi connectivity index (χ0) is 12.7. The number of nitrogens with zero attached hydrogens (tertiary/aromatic N) is 2. The average Bonchev–Trinajstić information content (AvgIpc) is 2.31. The molecule has 5 heteroatoms. The molecule has 5 nitrogen and oxygen atoms in total. The first-order valence-electron chi connectivity index (χ1n) is 5.17. The quantitative estimate of drug-likeness (QED) is 0.842. The van der Waals surface area contributed by atoms with Crippen molar-refractivity contribution in [2.24, 2.45) is 0 Å². The summed E-state index contributed by atoms with van der Waals surface area (Å²) < 4.78 is 5.45. The SMILES string of the molecule is CN(CCOc1ccccc1CC#N)C(=O)O. The van der Waals surface area contributed by atoms with Crippen LogP contribution in [0.1, 0.15) is 5.56 Å². The lowest BCUT2D eigenvalue weighted by Gasteiger charge is -2.14. The van der Waals surface area contributed by atoms with E-state index in [2.05, 4.69) is 6.07 Å². The summed E-state index contributed by atoms with van der Waals surface area (Å²) in [6.45, 7) is 0.557. The van der Waals surface area contributed by atoms with Gasteiger partial charge in [0.05, 0.1) is 19.0 Å². The fourth-order valence-corrected chi connectivity index (χ4v) is 1.26. The summed E-state index contributed by atoms with van der Waals surface area (Å²) >= 11 is 0. The number of hydrogen-bond donors (Lipinski definition) is 1. The third-order valence-corrected chi connectivity index (χ3v) is 2.25. The average molecular weight is 234 g/mol. The summed E-state index contributed by atoms with van der Waals surface area (Å²) in [6.07, 6.45) is -0.704. The Balaban J connectivity index is 2.52. The largest absolute Gasteiger partial charge is 0.491 e. The van der Waals surface area contributed by atoms with Crippen LogP contribution in [0.5, 0.6) is 5.75 Å². The molecule has 0 saturated heterocycles. The van der Waals surface area contributed by atoms with Crippen molar-refractivity contribution < 1.29 is 14.6 Å². The summed E-state index contributed by atoms with van der Waals surface area (Å²) in [6, 6.07) is 9.30. The summed E-state index contributed by atoms with van der Waals surface area (Å²) in [5, 5.41) is 17.3. The van der Waals surface area contributed by atoms with Crippen LogP contribution in [0.25, 0.3) is 0 Å². The van der Waals surface area contributed by atoms with E-state index in [1.54, 1.807) is 6.07 Å². The number of carbonyl (C=O) groups is 1. The molecular formula is C12H14N2O3. The molecule has 1 N–H and O–H groups in total. The van der Waals surface area contributed by atoms with E-state index >= 15 is 0 Å². The van der Waals surface area contributed by atoms with Crippen molar-refractivity contribution in [2.45, 2.75) is 6.42 Å². The third kappa shape index (κ3) is 4.03. The fraction of sp³-hybridized carbons (Fsp3) is 0.333. The summed E-state index contributed by atoms with van der Waals surface area (Å²) in [7, 11) is 1.48. The molecule has 0 unspecified atom stereocenters. The van der Waals surface area contributed by atoms with Gasteiger partial charge in [-0.3, -0.25) is 0 Å². The molecule has 0 spiro atoms. The van der Waals surface area contributed by atoms with Crippen LogP contribution < -0.4 is 4.74 Å². The normalized spacial score (nSPS) is 9.41. The highest BCUT2D eigenvalue weighted by Gasteiger charge is 2.06. The van der Waals surface area contributed by atoms with Gasteiger partial charge in [0.25, 0.3) is 0 Å². The lowest BCUT2D eigenvalue weighted by molar-refractivity contribution is 0.147. The zero-order valence-corrected chi connectivity index (χ0v) is 9.59. The number of hydrogen-bond acceptors (Lipinski definition) is 3. The number of benzene rings is 1. The first kappa shape index (κ1) is 12.8. The Morgan fingerprint density at radius 2 is 2.24 bits per heavy atom. The molecule has 17 heavy (non-hydrogen) atoms. The number of para-hydroxylation sites is 1. The van der Waals surface area contributed by atoms with Crippen molar-refractivity contribution in [1.82, 2.24) is 4.90 Å². The van der Waals surface area contributed by atoms with Gasteiger partial charge in [-0.1, -0.05) is 18.2 Å². The second-order valence-electron chi connectivity index (χ2n) is 3.50. The van der Waals surface area contributed by atoms with Gasteiger partial charge in [-0.25, -0.2) is 4.79 Å². The summed E-state index contributed by atoms with van der Waals surface area (Å²) in [5.41, 5.74) is 0.813. The molecule has 1 aromatic carbocycles. The van der Waals surface area contributed by atoms with Crippen molar-refractivity contribution in [2.75, 3.05) is 20.2 Å². The van der Waals surface area contributed by atoms with Gasteiger partial charge in [0, 0.05) is 12.6 Å². The van der Waals surface area contributed by atoms with Gasteiger partial charge in [0.2, 0.25) is 0 Å². The Bertz CT molecular complexity index is 426. The highest BCUT2D eigenvalue weighted by molar-refractivity contribution is 5.64. The van der Waals surface area contributed by atoms with E-state index in [-0.39, 0.29) is 19.6 Å². The highest BCUT2D eigenvalue weighted by atomic mass is 16.5. The minimum atomic E-state index is -0.987. The second kappa shape index (κ2) is 6.38. The van der Waals surface area contributed by atoms with Gasteiger partial charge in [0.1, 0.15) is 12.4 Å². The second-order valence-corrected chi connectivity index (χ2v) is 3.50. The number of ether oxygens (including phenoxy) is 1. The molecule has 0 fully saturated rings. The molecule has 1 aromatic rings. The van der Waals surface area contributed by atoms with Gasteiger partial charge in [-0.05, 0) is 6.07 Å². The predicted molar refractivity (Wildman–Crippen MR) is 61.9 cm³/mol. The van der Waals surface area contributed by atoms with Crippen molar-refractivity contribution >= 4 is 6.09 Å². The van der Waals surface area contributed by atoms with E-state index in [9.17, 15) is 4.79 Å².